The summed E-state index contributed by atoms with van der Waals surface area (Å²) < 4.78 is 11.4. The number of rotatable bonds is 7. The van der Waals surface area contributed by atoms with Crippen LogP contribution in [-0.2, 0) is 17.8 Å². The largest absolute Gasteiger partial charge is 0.477 e. The predicted octanol–water partition coefficient (Wildman–Crippen LogP) is 3.59. The fourth-order valence-corrected chi connectivity index (χ4v) is 3.44. The maximum atomic E-state index is 12.5. The van der Waals surface area contributed by atoms with E-state index in [1.54, 1.807) is 0 Å². The van der Waals surface area contributed by atoms with Crippen molar-refractivity contribution in [2.75, 3.05) is 18.0 Å². The molecule has 0 radical (unpaired) electrons. The molecule has 1 amide bonds. The van der Waals surface area contributed by atoms with Gasteiger partial charge in [0.2, 0.25) is 11.7 Å². The minimum absolute atomic E-state index is 0.112. The van der Waals surface area contributed by atoms with E-state index >= 15 is 0 Å². The molecule has 0 saturated heterocycles. The lowest BCUT2D eigenvalue weighted by atomic mass is 10.1. The van der Waals surface area contributed by atoms with Gasteiger partial charge in [-0.25, -0.2) is 0 Å². The number of anilines is 1. The highest BCUT2D eigenvalue weighted by Crippen LogP contribution is 2.34. The number of hydrogen-bond donors (Lipinski definition) is 1. The number of aromatic nitrogens is 2. The highest BCUT2D eigenvalue weighted by molar-refractivity contribution is 5.83. The average molecular weight is 406 g/mol. The van der Waals surface area contributed by atoms with Crippen molar-refractivity contribution in [3.8, 4) is 17.1 Å². The number of fused-ring (bicyclic) bond motifs is 1. The molecule has 7 nitrogen and oxygen atoms in total. The molecule has 1 N–H and O–H groups in total. The highest BCUT2D eigenvalue weighted by atomic mass is 16.5. The topological polar surface area (TPSA) is 80.5 Å². The zero-order valence-electron chi connectivity index (χ0n) is 17.3. The molecule has 1 aromatic heterocycles. The molecule has 0 bridgehead atoms. The molecule has 30 heavy (non-hydrogen) atoms. The SMILES string of the molecule is CCCNC(=O)[C@H]1CN(Cc2nc(-c3ccc(CC)cc3)no2)c2ccccc2O1. The summed E-state index contributed by atoms with van der Waals surface area (Å²) >= 11 is 0. The lowest BCUT2D eigenvalue weighted by molar-refractivity contribution is -0.127. The summed E-state index contributed by atoms with van der Waals surface area (Å²) in [5, 5.41) is 7.04. The molecule has 3 aromatic rings. The Morgan fingerprint density at radius 2 is 1.97 bits per heavy atom. The Hall–Kier alpha value is -3.35. The molecule has 156 valence electrons. The van der Waals surface area contributed by atoms with Crippen LogP contribution >= 0.6 is 0 Å². The molecular weight excluding hydrogens is 380 g/mol. The summed E-state index contributed by atoms with van der Waals surface area (Å²) in [6.45, 7) is 5.58. The quantitative estimate of drug-likeness (QED) is 0.646. The number of nitrogens with one attached hydrogen (secondary N) is 1. The minimum Gasteiger partial charge on any atom is -0.477 e. The smallest absolute Gasteiger partial charge is 0.262 e. The fraction of sp³-hybridized carbons (Fsp3) is 0.348. The second kappa shape index (κ2) is 8.98. The van der Waals surface area contributed by atoms with Gasteiger partial charge in [-0.1, -0.05) is 55.4 Å². The molecule has 0 spiro atoms. The molecule has 0 saturated carbocycles. The predicted molar refractivity (Wildman–Crippen MR) is 114 cm³/mol. The van der Waals surface area contributed by atoms with Crippen LogP contribution in [0.4, 0.5) is 5.69 Å². The Morgan fingerprint density at radius 3 is 2.73 bits per heavy atom. The van der Waals surface area contributed by atoms with Crippen LogP contribution in [0.2, 0.25) is 0 Å². The summed E-state index contributed by atoms with van der Waals surface area (Å²) in [6, 6.07) is 15.8. The van der Waals surface area contributed by atoms with Crippen molar-refractivity contribution in [2.45, 2.75) is 39.3 Å². The lowest BCUT2D eigenvalue weighted by Gasteiger charge is -2.34. The van der Waals surface area contributed by atoms with Crippen molar-refractivity contribution >= 4 is 11.6 Å². The van der Waals surface area contributed by atoms with Gasteiger partial charge in [-0.05, 0) is 30.5 Å². The van der Waals surface area contributed by atoms with Crippen LogP contribution in [0.5, 0.6) is 5.75 Å². The third kappa shape index (κ3) is 4.30. The summed E-state index contributed by atoms with van der Waals surface area (Å²) in [7, 11) is 0. The number of para-hydroxylation sites is 2. The lowest BCUT2D eigenvalue weighted by Crippen LogP contribution is -2.48. The van der Waals surface area contributed by atoms with E-state index in [2.05, 4.69) is 34.5 Å². The first-order valence-corrected chi connectivity index (χ1v) is 10.4. The van der Waals surface area contributed by atoms with E-state index in [4.69, 9.17) is 9.26 Å². The van der Waals surface area contributed by atoms with E-state index in [1.807, 2.05) is 48.2 Å². The normalized spacial score (nSPS) is 15.4. The van der Waals surface area contributed by atoms with Crippen LogP contribution in [0.3, 0.4) is 0 Å². The molecule has 0 fully saturated rings. The zero-order valence-corrected chi connectivity index (χ0v) is 17.3. The van der Waals surface area contributed by atoms with Crippen LogP contribution in [0, 0.1) is 0 Å². The van der Waals surface area contributed by atoms with E-state index in [1.165, 1.54) is 5.56 Å². The Bertz CT molecular complexity index is 1000. The van der Waals surface area contributed by atoms with Crippen LogP contribution in [-0.4, -0.2) is 35.2 Å². The number of aryl methyl sites for hydroxylation is 1. The first-order valence-electron chi connectivity index (χ1n) is 10.4. The first kappa shape index (κ1) is 19.9. The molecule has 1 aliphatic heterocycles. The Balaban J connectivity index is 1.52. The van der Waals surface area contributed by atoms with Crippen molar-refractivity contribution in [1.29, 1.82) is 0 Å². The third-order valence-electron chi connectivity index (χ3n) is 5.12. The van der Waals surface area contributed by atoms with E-state index < -0.39 is 6.10 Å². The fourth-order valence-electron chi connectivity index (χ4n) is 3.44. The number of amides is 1. The Morgan fingerprint density at radius 1 is 1.17 bits per heavy atom. The number of nitrogens with zero attached hydrogens (tertiary/aromatic N) is 3. The van der Waals surface area contributed by atoms with Crippen LogP contribution in [0.25, 0.3) is 11.4 Å². The van der Waals surface area contributed by atoms with Crippen molar-refractivity contribution in [2.24, 2.45) is 0 Å². The zero-order chi connectivity index (χ0) is 20.9. The highest BCUT2D eigenvalue weighted by Gasteiger charge is 2.31. The summed E-state index contributed by atoms with van der Waals surface area (Å²) in [4.78, 5) is 19.1. The van der Waals surface area contributed by atoms with Crippen molar-refractivity contribution < 1.29 is 14.1 Å². The Kier molecular flexibility index (Phi) is 5.97. The number of hydrogen-bond acceptors (Lipinski definition) is 6. The molecule has 1 aliphatic rings. The van der Waals surface area contributed by atoms with Gasteiger partial charge in [-0.2, -0.15) is 4.98 Å². The van der Waals surface area contributed by atoms with Gasteiger partial charge in [0.05, 0.1) is 18.8 Å². The van der Waals surface area contributed by atoms with Gasteiger partial charge >= 0.3 is 0 Å². The van der Waals surface area contributed by atoms with Gasteiger partial charge < -0.3 is 19.5 Å². The molecule has 4 rings (SSSR count). The first-order chi connectivity index (χ1) is 14.7. The van der Waals surface area contributed by atoms with E-state index in [-0.39, 0.29) is 5.91 Å². The van der Waals surface area contributed by atoms with Crippen molar-refractivity contribution in [1.82, 2.24) is 15.5 Å². The van der Waals surface area contributed by atoms with Gasteiger partial charge in [-0.3, -0.25) is 4.79 Å². The molecule has 1 atom stereocenters. The van der Waals surface area contributed by atoms with Crippen molar-refractivity contribution in [3.63, 3.8) is 0 Å². The van der Waals surface area contributed by atoms with Gasteiger partial charge in [0.15, 0.2) is 6.10 Å². The van der Waals surface area contributed by atoms with E-state index in [9.17, 15) is 4.79 Å². The average Bonchev–Trinajstić information content (AvgIpc) is 3.26. The van der Waals surface area contributed by atoms with E-state index in [0.717, 1.165) is 24.1 Å². The van der Waals surface area contributed by atoms with Gasteiger partial charge in [-0.15, -0.1) is 0 Å². The number of carbonyl (C=O) groups excluding carboxylic acids is 1. The Labute approximate surface area is 176 Å². The second-order valence-corrected chi connectivity index (χ2v) is 7.31. The summed E-state index contributed by atoms with van der Waals surface area (Å²) in [5.41, 5.74) is 3.09. The molecule has 2 aromatic carbocycles. The van der Waals surface area contributed by atoms with Gasteiger partial charge in [0.1, 0.15) is 5.75 Å². The molecular formula is C23H26N4O3. The molecule has 2 heterocycles. The third-order valence-corrected chi connectivity index (χ3v) is 5.12. The number of ether oxygens (including phenoxy) is 1. The number of carbonyl (C=O) groups is 1. The van der Waals surface area contributed by atoms with Gasteiger partial charge in [0.25, 0.3) is 5.91 Å². The van der Waals surface area contributed by atoms with Crippen LogP contribution in [0.1, 0.15) is 31.7 Å². The number of benzene rings is 2. The molecule has 7 heteroatoms. The summed E-state index contributed by atoms with van der Waals surface area (Å²) in [6.07, 6.45) is 1.28. The minimum atomic E-state index is -0.588. The van der Waals surface area contributed by atoms with Gasteiger partial charge in [0, 0.05) is 12.1 Å². The maximum absolute atomic E-state index is 12.5. The molecule has 0 aliphatic carbocycles. The molecule has 0 unspecified atom stereocenters. The van der Waals surface area contributed by atoms with Crippen molar-refractivity contribution in [3.05, 3.63) is 60.0 Å². The monoisotopic (exact) mass is 406 g/mol. The standard InChI is InChI=1S/C23H26N4O3/c1-3-13-24-23(28)20-14-27(18-7-5-6-8-19(18)29-20)15-21-25-22(26-30-21)17-11-9-16(4-2)10-12-17/h5-12,20H,3-4,13-15H2,1-2H3,(H,24,28)/t20-/m1/s1. The summed E-state index contributed by atoms with van der Waals surface area (Å²) in [5.74, 6) is 1.62. The van der Waals surface area contributed by atoms with Crippen LogP contribution < -0.4 is 15.0 Å². The second-order valence-electron chi connectivity index (χ2n) is 7.31. The van der Waals surface area contributed by atoms with E-state index in [0.29, 0.717) is 37.1 Å². The maximum Gasteiger partial charge on any atom is 0.262 e. The van der Waals surface area contributed by atoms with Crippen LogP contribution in [0.15, 0.2) is 53.1 Å².